The van der Waals surface area contributed by atoms with Gasteiger partial charge in [-0.15, -0.1) is 12.4 Å². The van der Waals surface area contributed by atoms with Gasteiger partial charge < -0.3 is 16.0 Å². The fourth-order valence-corrected chi connectivity index (χ4v) is 3.16. The van der Waals surface area contributed by atoms with Crippen molar-refractivity contribution >= 4 is 24.2 Å². The number of nitrogens with zero attached hydrogens (tertiary/aromatic N) is 2. The van der Waals surface area contributed by atoms with Crippen LogP contribution in [-0.2, 0) is 4.79 Å². The van der Waals surface area contributed by atoms with Crippen LogP contribution in [0.2, 0.25) is 0 Å². The quantitative estimate of drug-likeness (QED) is 0.750. The van der Waals surface area contributed by atoms with Gasteiger partial charge in [0.15, 0.2) is 0 Å². The molecule has 24 heavy (non-hydrogen) atoms. The number of nitrogens with one attached hydrogen (secondary N) is 2. The molecular formula is C16H26ClN5O2. The largest absolute Gasteiger partial charge is 0.351 e. The first-order chi connectivity index (χ1) is 10.9. The van der Waals surface area contributed by atoms with Gasteiger partial charge in [-0.25, -0.2) is 0 Å². The van der Waals surface area contributed by atoms with Crippen molar-refractivity contribution in [3.05, 3.63) is 17.5 Å². The molecule has 7 nitrogen and oxygen atoms in total. The monoisotopic (exact) mass is 355 g/mol. The number of carbonyl (C=O) groups excluding carboxylic acids is 2. The molecule has 8 heteroatoms. The van der Waals surface area contributed by atoms with Gasteiger partial charge in [-0.2, -0.15) is 5.10 Å². The Bertz CT molecular complexity index is 597. The number of aromatic amines is 1. The summed E-state index contributed by atoms with van der Waals surface area (Å²) in [4.78, 5) is 26.3. The summed E-state index contributed by atoms with van der Waals surface area (Å²) in [6.45, 7) is 5.30. The minimum Gasteiger partial charge on any atom is -0.351 e. The molecule has 2 heterocycles. The van der Waals surface area contributed by atoms with Gasteiger partial charge in [-0.05, 0) is 31.2 Å². The number of halogens is 1. The number of hydrogen-bond donors (Lipinski definition) is 3. The van der Waals surface area contributed by atoms with Gasteiger partial charge in [0.1, 0.15) is 5.69 Å². The summed E-state index contributed by atoms with van der Waals surface area (Å²) in [5.74, 6) is 0.363. The lowest BCUT2D eigenvalue weighted by Crippen LogP contribution is -2.48. The number of H-pyrrole nitrogens is 1. The van der Waals surface area contributed by atoms with Crippen molar-refractivity contribution in [3.63, 3.8) is 0 Å². The number of aromatic nitrogens is 2. The van der Waals surface area contributed by atoms with E-state index in [0.29, 0.717) is 24.7 Å². The molecule has 1 aromatic rings. The van der Waals surface area contributed by atoms with Gasteiger partial charge in [-0.3, -0.25) is 14.7 Å². The average Bonchev–Trinajstić information content (AvgIpc) is 3.12. The third kappa shape index (κ3) is 3.89. The Morgan fingerprint density at radius 3 is 2.71 bits per heavy atom. The van der Waals surface area contributed by atoms with Gasteiger partial charge in [0.2, 0.25) is 5.91 Å². The summed E-state index contributed by atoms with van der Waals surface area (Å²) in [5, 5.41) is 10.1. The standard InChI is InChI=1S/C16H25N5O2.ClH/c1-9(2)13-7-14(20-19-13)16(23)21-4-3-12(8-21)18-15(22)10-5-11(17)6-10;/h7,9-12H,3-6,8,17H2,1-2H3,(H,18,22)(H,19,20);1H. The van der Waals surface area contributed by atoms with E-state index >= 15 is 0 Å². The van der Waals surface area contributed by atoms with E-state index in [1.54, 1.807) is 4.90 Å². The molecule has 1 saturated carbocycles. The maximum Gasteiger partial charge on any atom is 0.274 e. The van der Waals surface area contributed by atoms with E-state index in [1.807, 2.05) is 6.07 Å². The Labute approximate surface area is 148 Å². The molecule has 134 valence electrons. The van der Waals surface area contributed by atoms with Crippen molar-refractivity contribution < 1.29 is 9.59 Å². The first kappa shape index (κ1) is 18.7. The number of hydrogen-bond acceptors (Lipinski definition) is 4. The molecule has 4 N–H and O–H groups in total. The number of amides is 2. The van der Waals surface area contributed by atoms with Crippen molar-refractivity contribution in [2.75, 3.05) is 13.1 Å². The first-order valence-electron chi connectivity index (χ1n) is 8.34. The summed E-state index contributed by atoms with van der Waals surface area (Å²) in [6.07, 6.45) is 2.33. The Morgan fingerprint density at radius 1 is 1.42 bits per heavy atom. The molecule has 1 aliphatic heterocycles. The zero-order valence-electron chi connectivity index (χ0n) is 14.1. The summed E-state index contributed by atoms with van der Waals surface area (Å²) in [5.41, 5.74) is 7.13. The number of nitrogens with two attached hydrogens (primary N) is 1. The van der Waals surface area contributed by atoms with Gasteiger partial charge in [0, 0.05) is 36.8 Å². The highest BCUT2D eigenvalue weighted by Gasteiger charge is 2.35. The molecule has 1 atom stereocenters. The molecule has 1 aromatic heterocycles. The van der Waals surface area contributed by atoms with Crippen LogP contribution in [0.4, 0.5) is 0 Å². The van der Waals surface area contributed by atoms with Crippen LogP contribution in [0.1, 0.15) is 55.2 Å². The van der Waals surface area contributed by atoms with Gasteiger partial charge in [-0.1, -0.05) is 13.8 Å². The summed E-state index contributed by atoms with van der Waals surface area (Å²) < 4.78 is 0. The highest BCUT2D eigenvalue weighted by Crippen LogP contribution is 2.26. The highest BCUT2D eigenvalue weighted by molar-refractivity contribution is 5.92. The zero-order valence-corrected chi connectivity index (χ0v) is 14.9. The fraction of sp³-hybridized carbons (Fsp3) is 0.688. The average molecular weight is 356 g/mol. The van der Waals surface area contributed by atoms with Crippen LogP contribution >= 0.6 is 12.4 Å². The normalized spacial score (nSPS) is 26.0. The maximum absolute atomic E-state index is 12.5. The second kappa shape index (κ2) is 7.53. The van der Waals surface area contributed by atoms with E-state index in [9.17, 15) is 9.59 Å². The predicted octanol–water partition coefficient (Wildman–Crippen LogP) is 1.02. The lowest BCUT2D eigenvalue weighted by Gasteiger charge is -2.32. The second-order valence-corrected chi connectivity index (χ2v) is 7.04. The molecule has 2 fully saturated rings. The number of carbonyl (C=O) groups is 2. The molecule has 3 rings (SSSR count). The molecule has 2 aliphatic rings. The van der Waals surface area contributed by atoms with Crippen LogP contribution in [0.25, 0.3) is 0 Å². The Balaban J connectivity index is 0.00000208. The van der Waals surface area contributed by atoms with Crippen molar-refractivity contribution in [1.29, 1.82) is 0 Å². The second-order valence-electron chi connectivity index (χ2n) is 7.04. The fourth-order valence-electron chi connectivity index (χ4n) is 3.16. The number of rotatable bonds is 4. The van der Waals surface area contributed by atoms with E-state index in [-0.39, 0.29) is 42.2 Å². The molecule has 1 unspecified atom stereocenters. The zero-order chi connectivity index (χ0) is 16.6. The van der Waals surface area contributed by atoms with Crippen LogP contribution < -0.4 is 11.1 Å². The molecule has 0 aromatic carbocycles. The first-order valence-corrected chi connectivity index (χ1v) is 8.34. The highest BCUT2D eigenvalue weighted by atomic mass is 35.5. The lowest BCUT2D eigenvalue weighted by atomic mass is 9.80. The molecule has 0 spiro atoms. The van der Waals surface area contributed by atoms with Crippen LogP contribution in [0.15, 0.2) is 6.07 Å². The summed E-state index contributed by atoms with van der Waals surface area (Å²) in [6, 6.07) is 2.02. The van der Waals surface area contributed by atoms with Crippen LogP contribution in [0.3, 0.4) is 0 Å². The lowest BCUT2D eigenvalue weighted by molar-refractivity contribution is -0.128. The van der Waals surface area contributed by atoms with Crippen molar-refractivity contribution in [3.8, 4) is 0 Å². The smallest absolute Gasteiger partial charge is 0.274 e. The summed E-state index contributed by atoms with van der Waals surface area (Å²) in [7, 11) is 0. The van der Waals surface area contributed by atoms with E-state index in [0.717, 1.165) is 25.0 Å². The van der Waals surface area contributed by atoms with E-state index in [2.05, 4.69) is 29.4 Å². The van der Waals surface area contributed by atoms with Gasteiger partial charge in [0.05, 0.1) is 0 Å². The molecule has 0 radical (unpaired) electrons. The Morgan fingerprint density at radius 2 is 2.12 bits per heavy atom. The topological polar surface area (TPSA) is 104 Å². The molecule has 1 aliphatic carbocycles. The van der Waals surface area contributed by atoms with Gasteiger partial charge in [0.25, 0.3) is 5.91 Å². The predicted molar refractivity (Wildman–Crippen MR) is 93.1 cm³/mol. The third-order valence-electron chi connectivity index (χ3n) is 4.81. The van der Waals surface area contributed by atoms with E-state index < -0.39 is 0 Å². The van der Waals surface area contributed by atoms with Crippen molar-refractivity contribution in [2.24, 2.45) is 11.7 Å². The van der Waals surface area contributed by atoms with E-state index in [1.165, 1.54) is 0 Å². The van der Waals surface area contributed by atoms with Crippen molar-refractivity contribution in [2.45, 2.75) is 51.1 Å². The summed E-state index contributed by atoms with van der Waals surface area (Å²) >= 11 is 0. The number of likely N-dealkylation sites (tertiary alicyclic amines) is 1. The van der Waals surface area contributed by atoms with E-state index in [4.69, 9.17) is 5.73 Å². The Kier molecular flexibility index (Phi) is 5.87. The Hall–Kier alpha value is -1.60. The van der Waals surface area contributed by atoms with Crippen LogP contribution in [-0.4, -0.2) is 52.1 Å². The molecule has 2 amide bonds. The third-order valence-corrected chi connectivity index (χ3v) is 4.81. The van der Waals surface area contributed by atoms with Crippen molar-refractivity contribution in [1.82, 2.24) is 20.4 Å². The maximum atomic E-state index is 12.5. The SMILES string of the molecule is CC(C)c1cc(C(=O)N2CCC(NC(=O)C3CC(N)C3)C2)n[nH]1.Cl. The molecular weight excluding hydrogens is 330 g/mol. The molecule has 0 bridgehead atoms. The van der Waals surface area contributed by atoms with Crippen LogP contribution in [0, 0.1) is 5.92 Å². The van der Waals surface area contributed by atoms with Gasteiger partial charge >= 0.3 is 0 Å². The minimum atomic E-state index is -0.0736. The van der Waals surface area contributed by atoms with Crippen LogP contribution in [0.5, 0.6) is 0 Å². The minimum absolute atomic E-state index is 0. The molecule has 1 saturated heterocycles.